The molecule has 4 rings (SSSR count). The average Bonchev–Trinajstić information content (AvgIpc) is 2.75. The van der Waals surface area contributed by atoms with Gasteiger partial charge < -0.3 is 4.90 Å². The average molecular weight is 403 g/mol. The molecule has 0 aromatic heterocycles. The molecular formula is C24H25N3O3. The second-order valence-corrected chi connectivity index (χ2v) is 7.67. The molecule has 2 heterocycles. The van der Waals surface area contributed by atoms with Crippen molar-refractivity contribution in [2.75, 3.05) is 18.0 Å². The van der Waals surface area contributed by atoms with Gasteiger partial charge in [-0.2, -0.15) is 0 Å². The van der Waals surface area contributed by atoms with E-state index >= 15 is 0 Å². The molecule has 0 bridgehead atoms. The van der Waals surface area contributed by atoms with Crippen LogP contribution in [0.5, 0.6) is 0 Å². The summed E-state index contributed by atoms with van der Waals surface area (Å²) in [5.41, 5.74) is 4.04. The minimum Gasteiger partial charge on any atom is -0.371 e. The van der Waals surface area contributed by atoms with E-state index in [-0.39, 0.29) is 12.1 Å². The van der Waals surface area contributed by atoms with Gasteiger partial charge in [0, 0.05) is 18.8 Å². The highest BCUT2D eigenvalue weighted by Gasteiger charge is 2.35. The van der Waals surface area contributed by atoms with E-state index in [4.69, 9.17) is 0 Å². The summed E-state index contributed by atoms with van der Waals surface area (Å²) < 4.78 is 0. The van der Waals surface area contributed by atoms with Crippen LogP contribution < -0.4 is 10.2 Å². The standard InChI is InChI=1S/C24H25N3O3/c1-2-12-26-13-6-9-19-14-18(10-11-21(19)26)15-20-22(28)25-24(30)27(23(20)29)16-17-7-4-3-5-8-17/h3-5,7-8,10-11,14-15H,2,6,9,12-13,16H2,1H3,(H,25,28,30)/b20-15-. The Kier molecular flexibility index (Phi) is 5.65. The molecule has 6 heteroatoms. The van der Waals surface area contributed by atoms with E-state index in [9.17, 15) is 14.4 Å². The first-order valence-corrected chi connectivity index (χ1v) is 10.4. The normalized spacial score (nSPS) is 17.9. The summed E-state index contributed by atoms with van der Waals surface area (Å²) in [5.74, 6) is -1.22. The zero-order chi connectivity index (χ0) is 21.1. The summed E-state index contributed by atoms with van der Waals surface area (Å²) in [6.45, 7) is 4.36. The molecule has 0 saturated carbocycles. The zero-order valence-corrected chi connectivity index (χ0v) is 17.1. The number of hydrogen-bond donors (Lipinski definition) is 1. The predicted molar refractivity (Wildman–Crippen MR) is 116 cm³/mol. The van der Waals surface area contributed by atoms with Crippen LogP contribution in [0.25, 0.3) is 6.08 Å². The molecule has 1 N–H and O–H groups in total. The van der Waals surface area contributed by atoms with Crippen LogP contribution in [0.1, 0.15) is 36.5 Å². The molecule has 1 fully saturated rings. The summed E-state index contributed by atoms with van der Waals surface area (Å²) in [5, 5.41) is 2.29. The third-order valence-corrected chi connectivity index (χ3v) is 5.49. The Morgan fingerprint density at radius 1 is 1.07 bits per heavy atom. The number of nitrogens with one attached hydrogen (secondary N) is 1. The fraction of sp³-hybridized carbons (Fsp3) is 0.292. The van der Waals surface area contributed by atoms with Gasteiger partial charge in [0.2, 0.25) is 0 Å². The van der Waals surface area contributed by atoms with Crippen LogP contribution in [0.2, 0.25) is 0 Å². The molecule has 2 aliphatic heterocycles. The fourth-order valence-corrected chi connectivity index (χ4v) is 4.06. The van der Waals surface area contributed by atoms with E-state index in [0.29, 0.717) is 0 Å². The smallest absolute Gasteiger partial charge is 0.331 e. The number of fused-ring (bicyclic) bond motifs is 1. The summed E-state index contributed by atoms with van der Waals surface area (Å²) >= 11 is 0. The van der Waals surface area contributed by atoms with Gasteiger partial charge in [0.1, 0.15) is 5.57 Å². The van der Waals surface area contributed by atoms with Crippen molar-refractivity contribution in [3.05, 3.63) is 70.8 Å². The highest BCUT2D eigenvalue weighted by Crippen LogP contribution is 2.29. The molecule has 6 nitrogen and oxygen atoms in total. The Bertz CT molecular complexity index is 1010. The minimum absolute atomic E-state index is 0.0216. The number of benzene rings is 2. The van der Waals surface area contributed by atoms with Crippen molar-refractivity contribution in [2.24, 2.45) is 0 Å². The molecule has 0 aliphatic carbocycles. The molecular weight excluding hydrogens is 378 g/mol. The highest BCUT2D eigenvalue weighted by atomic mass is 16.2. The number of anilines is 1. The summed E-state index contributed by atoms with van der Waals surface area (Å²) in [4.78, 5) is 41.0. The molecule has 1 saturated heterocycles. The molecule has 0 spiro atoms. The van der Waals surface area contributed by atoms with Crippen LogP contribution in [0.3, 0.4) is 0 Å². The van der Waals surface area contributed by atoms with Crippen LogP contribution >= 0.6 is 0 Å². The summed E-state index contributed by atoms with van der Waals surface area (Å²) in [7, 11) is 0. The zero-order valence-electron chi connectivity index (χ0n) is 17.1. The van der Waals surface area contributed by atoms with Crippen molar-refractivity contribution in [3.8, 4) is 0 Å². The summed E-state index contributed by atoms with van der Waals surface area (Å²) in [6, 6.07) is 14.6. The fourth-order valence-electron chi connectivity index (χ4n) is 4.06. The van der Waals surface area contributed by atoms with Crippen LogP contribution in [0, 0.1) is 0 Å². The van der Waals surface area contributed by atoms with Crippen molar-refractivity contribution in [3.63, 3.8) is 0 Å². The van der Waals surface area contributed by atoms with Gasteiger partial charge in [-0.3, -0.25) is 19.8 Å². The molecule has 154 valence electrons. The van der Waals surface area contributed by atoms with Gasteiger partial charge in [-0.1, -0.05) is 43.3 Å². The van der Waals surface area contributed by atoms with Crippen molar-refractivity contribution < 1.29 is 14.4 Å². The Morgan fingerprint density at radius 2 is 1.87 bits per heavy atom. The Morgan fingerprint density at radius 3 is 2.63 bits per heavy atom. The van der Waals surface area contributed by atoms with Crippen molar-refractivity contribution in [2.45, 2.75) is 32.7 Å². The van der Waals surface area contributed by atoms with Gasteiger partial charge in [0.15, 0.2) is 0 Å². The lowest BCUT2D eigenvalue weighted by atomic mass is 9.97. The number of carbonyl (C=O) groups excluding carboxylic acids is 3. The number of amides is 4. The third-order valence-electron chi connectivity index (χ3n) is 5.49. The quantitative estimate of drug-likeness (QED) is 0.613. The van der Waals surface area contributed by atoms with Gasteiger partial charge in [-0.25, -0.2) is 4.79 Å². The molecule has 0 atom stereocenters. The van der Waals surface area contributed by atoms with Gasteiger partial charge in [0.05, 0.1) is 6.54 Å². The number of barbiturate groups is 1. The lowest BCUT2D eigenvalue weighted by molar-refractivity contribution is -0.130. The van der Waals surface area contributed by atoms with Gasteiger partial charge in [-0.15, -0.1) is 0 Å². The maximum absolute atomic E-state index is 12.9. The maximum atomic E-state index is 12.9. The number of aryl methyl sites for hydroxylation is 1. The topological polar surface area (TPSA) is 69.7 Å². The first kappa shape index (κ1) is 19.9. The van der Waals surface area contributed by atoms with Crippen molar-refractivity contribution in [1.29, 1.82) is 0 Å². The number of carbonyl (C=O) groups is 3. The number of imide groups is 2. The molecule has 2 aliphatic rings. The monoisotopic (exact) mass is 403 g/mol. The maximum Gasteiger partial charge on any atom is 0.331 e. The van der Waals surface area contributed by atoms with E-state index in [0.717, 1.165) is 48.4 Å². The van der Waals surface area contributed by atoms with Gasteiger partial charge in [-0.05, 0) is 54.2 Å². The Hall–Kier alpha value is -3.41. The lowest BCUT2D eigenvalue weighted by Crippen LogP contribution is -2.53. The minimum atomic E-state index is -0.688. The highest BCUT2D eigenvalue weighted by molar-refractivity contribution is 6.30. The predicted octanol–water partition coefficient (Wildman–Crippen LogP) is 3.51. The van der Waals surface area contributed by atoms with Crippen LogP contribution in [-0.4, -0.2) is 35.8 Å². The van der Waals surface area contributed by atoms with Crippen LogP contribution in [0.15, 0.2) is 54.1 Å². The third kappa shape index (κ3) is 3.99. The number of hydrogen-bond acceptors (Lipinski definition) is 4. The molecule has 0 unspecified atom stereocenters. The van der Waals surface area contributed by atoms with Crippen LogP contribution in [0.4, 0.5) is 10.5 Å². The van der Waals surface area contributed by atoms with Crippen molar-refractivity contribution in [1.82, 2.24) is 10.2 Å². The molecule has 30 heavy (non-hydrogen) atoms. The van der Waals surface area contributed by atoms with E-state index in [1.807, 2.05) is 42.5 Å². The number of rotatable bonds is 5. The molecule has 2 aromatic carbocycles. The molecule has 4 amide bonds. The van der Waals surface area contributed by atoms with Crippen LogP contribution in [-0.2, 0) is 22.6 Å². The number of urea groups is 1. The van der Waals surface area contributed by atoms with E-state index < -0.39 is 17.8 Å². The summed E-state index contributed by atoms with van der Waals surface area (Å²) in [6.07, 6.45) is 4.74. The van der Waals surface area contributed by atoms with E-state index in [1.54, 1.807) is 6.08 Å². The second kappa shape index (κ2) is 8.53. The Balaban J connectivity index is 1.61. The van der Waals surface area contributed by atoms with Gasteiger partial charge in [0.25, 0.3) is 11.8 Å². The number of nitrogens with zero attached hydrogens (tertiary/aromatic N) is 2. The first-order chi connectivity index (χ1) is 14.6. The van der Waals surface area contributed by atoms with Crippen molar-refractivity contribution >= 4 is 29.6 Å². The molecule has 2 aromatic rings. The largest absolute Gasteiger partial charge is 0.371 e. The van der Waals surface area contributed by atoms with E-state index in [2.05, 4.69) is 23.2 Å². The van der Waals surface area contributed by atoms with Gasteiger partial charge >= 0.3 is 6.03 Å². The lowest BCUT2D eigenvalue weighted by Gasteiger charge is -2.31. The Labute approximate surface area is 176 Å². The second-order valence-electron chi connectivity index (χ2n) is 7.67. The van der Waals surface area contributed by atoms with E-state index in [1.165, 1.54) is 11.3 Å². The first-order valence-electron chi connectivity index (χ1n) is 10.4. The SMILES string of the molecule is CCCN1CCCc2cc(/C=C3/C(=O)NC(=O)N(Cc4ccccc4)C3=O)ccc21. The molecule has 0 radical (unpaired) electrons.